The summed E-state index contributed by atoms with van der Waals surface area (Å²) in [5.74, 6) is -0.474. The van der Waals surface area contributed by atoms with Crippen LogP contribution in [-0.4, -0.2) is 62.2 Å². The van der Waals surface area contributed by atoms with Crippen molar-refractivity contribution in [2.45, 2.75) is 30.9 Å². The van der Waals surface area contributed by atoms with Gasteiger partial charge in [-0.1, -0.05) is 36.0 Å². The lowest BCUT2D eigenvalue weighted by Gasteiger charge is -2.17. The van der Waals surface area contributed by atoms with Crippen LogP contribution in [0.25, 0.3) is 0 Å². The molecule has 2 amide bonds. The zero-order valence-corrected chi connectivity index (χ0v) is 21.2. The summed E-state index contributed by atoms with van der Waals surface area (Å²) in [5.41, 5.74) is 10.0. The van der Waals surface area contributed by atoms with Crippen LogP contribution in [0.15, 0.2) is 53.5 Å². The molecule has 186 valence electrons. The van der Waals surface area contributed by atoms with Crippen LogP contribution in [0.4, 0.5) is 11.4 Å². The zero-order chi connectivity index (χ0) is 25.2. The zero-order valence-electron chi connectivity index (χ0n) is 20.4. The van der Waals surface area contributed by atoms with Gasteiger partial charge in [-0.2, -0.15) is 4.99 Å². The lowest BCUT2D eigenvalue weighted by molar-refractivity contribution is -0.124. The minimum absolute atomic E-state index is 0.118. The predicted octanol–water partition coefficient (Wildman–Crippen LogP) is 3.04. The summed E-state index contributed by atoms with van der Waals surface area (Å²) in [4.78, 5) is 31.3. The van der Waals surface area contributed by atoms with Crippen molar-refractivity contribution in [3.8, 4) is 0 Å². The highest BCUT2D eigenvalue weighted by atomic mass is 32.2. The maximum Gasteiger partial charge on any atom is 0.262 e. The van der Waals surface area contributed by atoms with Gasteiger partial charge in [0.2, 0.25) is 5.91 Å². The summed E-state index contributed by atoms with van der Waals surface area (Å²) in [7, 11) is 3.99. The number of carbonyl (C=O) groups is 2. The molecule has 1 atom stereocenters. The summed E-state index contributed by atoms with van der Waals surface area (Å²) in [6.07, 6.45) is 4.88. The van der Waals surface area contributed by atoms with Gasteiger partial charge in [-0.25, -0.2) is 0 Å². The van der Waals surface area contributed by atoms with E-state index in [9.17, 15) is 9.59 Å². The van der Waals surface area contributed by atoms with Gasteiger partial charge in [-0.15, -0.1) is 0 Å². The number of amides is 2. The number of nitrogens with two attached hydrogens (primary N) is 1. The van der Waals surface area contributed by atoms with E-state index < -0.39 is 5.25 Å². The van der Waals surface area contributed by atoms with Crippen molar-refractivity contribution in [1.29, 1.82) is 5.41 Å². The average Bonchev–Trinajstić information content (AvgIpc) is 3.49. The maximum absolute atomic E-state index is 11.8. The highest BCUT2D eigenvalue weighted by molar-refractivity contribution is 8.15. The second kappa shape index (κ2) is 12.9. The molecule has 1 fully saturated rings. The summed E-state index contributed by atoms with van der Waals surface area (Å²) >= 11 is 1.15. The van der Waals surface area contributed by atoms with Crippen molar-refractivity contribution in [3.05, 3.63) is 59.7 Å². The molecule has 0 bridgehead atoms. The Morgan fingerprint density at radius 2 is 1.83 bits per heavy atom. The van der Waals surface area contributed by atoms with Crippen LogP contribution in [-0.2, 0) is 16.0 Å². The van der Waals surface area contributed by atoms with Gasteiger partial charge in [0.25, 0.3) is 5.91 Å². The molecule has 1 saturated heterocycles. The third kappa shape index (κ3) is 8.13. The molecule has 2 heterocycles. The molecule has 1 unspecified atom stereocenters. The van der Waals surface area contributed by atoms with Gasteiger partial charge >= 0.3 is 0 Å². The first kappa shape index (κ1) is 26.3. The summed E-state index contributed by atoms with van der Waals surface area (Å²) in [5, 5.41) is 9.68. The number of amidine groups is 1. The van der Waals surface area contributed by atoms with Crippen LogP contribution in [0.2, 0.25) is 0 Å². The van der Waals surface area contributed by atoms with Crippen LogP contribution < -0.4 is 20.9 Å². The topological polar surface area (TPSA) is 115 Å². The van der Waals surface area contributed by atoms with E-state index >= 15 is 0 Å². The van der Waals surface area contributed by atoms with Crippen molar-refractivity contribution in [2.75, 3.05) is 43.5 Å². The molecule has 2 aromatic rings. The maximum atomic E-state index is 11.8. The molecular weight excluding hydrogens is 460 g/mol. The van der Waals surface area contributed by atoms with E-state index in [1.807, 2.05) is 55.4 Å². The molecule has 2 aliphatic rings. The number of aliphatic imine (C=N–C) groups is 1. The normalized spacial score (nSPS) is 16.9. The Morgan fingerprint density at radius 3 is 2.37 bits per heavy atom. The quantitative estimate of drug-likeness (QED) is 0.486. The Labute approximate surface area is 211 Å². The molecule has 8 nitrogen and oxygen atoms in total. The molecule has 4 rings (SSSR count). The van der Waals surface area contributed by atoms with E-state index in [1.165, 1.54) is 37.8 Å². The van der Waals surface area contributed by atoms with Gasteiger partial charge in [0, 0.05) is 57.7 Å². The van der Waals surface area contributed by atoms with Crippen molar-refractivity contribution in [1.82, 2.24) is 5.32 Å². The number of anilines is 2. The number of thioether (sulfide) groups is 1. The number of nitrogens with one attached hydrogen (secondary N) is 2. The van der Waals surface area contributed by atoms with E-state index in [1.54, 1.807) is 0 Å². The second-order valence-electron chi connectivity index (χ2n) is 8.69. The Bertz CT molecular complexity index is 1030. The summed E-state index contributed by atoms with van der Waals surface area (Å²) in [6, 6.07) is 16.4. The smallest absolute Gasteiger partial charge is 0.262 e. The molecule has 9 heteroatoms. The number of benzene rings is 2. The van der Waals surface area contributed by atoms with Gasteiger partial charge in [0.05, 0.1) is 0 Å². The third-order valence-electron chi connectivity index (χ3n) is 5.85. The Kier molecular flexibility index (Phi) is 9.72. The summed E-state index contributed by atoms with van der Waals surface area (Å²) in [6.45, 7) is 2.91. The lowest BCUT2D eigenvalue weighted by Crippen LogP contribution is -2.29. The van der Waals surface area contributed by atoms with E-state index in [2.05, 4.69) is 27.3 Å². The minimum atomic E-state index is -0.473. The lowest BCUT2D eigenvalue weighted by atomic mass is 10.1. The number of carbonyl (C=O) groups excluding carboxylic acids is 2. The third-order valence-corrected chi connectivity index (χ3v) is 6.83. The van der Waals surface area contributed by atoms with Crippen molar-refractivity contribution >= 4 is 46.3 Å². The van der Waals surface area contributed by atoms with Gasteiger partial charge in [0.15, 0.2) is 5.17 Å². The van der Waals surface area contributed by atoms with Crippen LogP contribution in [0.5, 0.6) is 0 Å². The van der Waals surface area contributed by atoms with Crippen molar-refractivity contribution < 1.29 is 9.59 Å². The molecule has 0 aromatic heterocycles. The van der Waals surface area contributed by atoms with E-state index in [0.29, 0.717) is 6.54 Å². The average molecular weight is 495 g/mol. The molecule has 35 heavy (non-hydrogen) atoms. The second-order valence-corrected chi connectivity index (χ2v) is 9.91. The first-order chi connectivity index (χ1) is 16.9. The Morgan fingerprint density at radius 1 is 1.17 bits per heavy atom. The van der Waals surface area contributed by atoms with Crippen LogP contribution in [0, 0.1) is 5.41 Å². The van der Waals surface area contributed by atoms with Gasteiger partial charge in [-0.05, 0) is 54.7 Å². The molecule has 0 aliphatic carbocycles. The standard InChI is InChI=1S/C15H20N4O2S.C11H14N2/c1-19(2)11-5-3-10(4-6-11)7-8-17-13(20)9-12-14(21)18-15(16)22-12;12-9-10-3-5-11(6-4-10)13-7-1-2-8-13/h3-6,12H,7-9H2,1-2H3,(H,17,20)(H2,16,18,21);3-6,9,12H,1-2,7-8H2. The largest absolute Gasteiger partial charge is 0.378 e. The van der Waals surface area contributed by atoms with E-state index in [4.69, 9.17) is 11.1 Å². The first-order valence-electron chi connectivity index (χ1n) is 11.8. The highest BCUT2D eigenvalue weighted by Crippen LogP contribution is 2.22. The molecule has 0 saturated carbocycles. The molecule has 2 aromatic carbocycles. The minimum Gasteiger partial charge on any atom is -0.378 e. The fraction of sp³-hybridized carbons (Fsp3) is 0.385. The number of nitrogens with zero attached hydrogens (tertiary/aromatic N) is 3. The van der Waals surface area contributed by atoms with Gasteiger partial charge in [0.1, 0.15) is 5.25 Å². The number of hydrogen-bond acceptors (Lipinski definition) is 7. The fourth-order valence-electron chi connectivity index (χ4n) is 3.84. The van der Waals surface area contributed by atoms with Gasteiger partial charge in [-0.3, -0.25) is 9.59 Å². The molecule has 4 N–H and O–H groups in total. The van der Waals surface area contributed by atoms with Crippen molar-refractivity contribution in [2.24, 2.45) is 10.7 Å². The number of rotatable bonds is 8. The molecule has 0 spiro atoms. The Hall–Kier alpha value is -3.33. The fourth-order valence-corrected chi connectivity index (χ4v) is 4.66. The Balaban J connectivity index is 0.000000223. The first-order valence-corrected chi connectivity index (χ1v) is 12.7. The monoisotopic (exact) mass is 494 g/mol. The molecule has 0 radical (unpaired) electrons. The summed E-state index contributed by atoms with van der Waals surface area (Å²) < 4.78 is 0. The molecular formula is C26H34N6O2S. The van der Waals surface area contributed by atoms with E-state index in [0.717, 1.165) is 35.0 Å². The molecule has 2 aliphatic heterocycles. The van der Waals surface area contributed by atoms with E-state index in [-0.39, 0.29) is 23.4 Å². The van der Waals surface area contributed by atoms with Crippen molar-refractivity contribution in [3.63, 3.8) is 0 Å². The van der Waals surface area contributed by atoms with Crippen LogP contribution >= 0.6 is 11.8 Å². The SMILES string of the molecule is CN(C)c1ccc(CCNC(=O)CC2SC(N)=NC2=O)cc1.N=Cc1ccc(N2CCCC2)cc1. The van der Waals surface area contributed by atoms with Crippen LogP contribution in [0.1, 0.15) is 30.4 Å². The van der Waals surface area contributed by atoms with Crippen LogP contribution in [0.3, 0.4) is 0 Å². The number of hydrogen-bond donors (Lipinski definition) is 3. The predicted molar refractivity (Wildman–Crippen MR) is 146 cm³/mol. The van der Waals surface area contributed by atoms with Gasteiger partial charge < -0.3 is 26.3 Å². The highest BCUT2D eigenvalue weighted by Gasteiger charge is 2.28.